The molecule has 6 nitrogen and oxygen atoms in total. The minimum Gasteiger partial charge on any atom is -0.467 e. The van der Waals surface area contributed by atoms with Crippen LogP contribution < -0.4 is 10.2 Å². The van der Waals surface area contributed by atoms with Gasteiger partial charge in [0.25, 0.3) is 5.91 Å². The summed E-state index contributed by atoms with van der Waals surface area (Å²) in [6.07, 6.45) is 5.01. The number of benzene rings is 1. The van der Waals surface area contributed by atoms with Gasteiger partial charge >= 0.3 is 0 Å². The number of allylic oxidation sites excluding steroid dienone is 1. The molecule has 3 heterocycles. The van der Waals surface area contributed by atoms with Crippen LogP contribution in [0.3, 0.4) is 0 Å². The van der Waals surface area contributed by atoms with Crippen molar-refractivity contribution in [1.82, 2.24) is 0 Å². The topological polar surface area (TPSA) is 75.7 Å². The second-order valence-corrected chi connectivity index (χ2v) is 6.88. The number of hydrogen-bond acceptors (Lipinski definition) is 5. The molecule has 2 aliphatic rings. The fourth-order valence-corrected chi connectivity index (χ4v) is 3.99. The van der Waals surface area contributed by atoms with Crippen LogP contribution in [0.1, 0.15) is 41.6 Å². The first-order valence-corrected chi connectivity index (χ1v) is 9.27. The van der Waals surface area contributed by atoms with E-state index in [-0.39, 0.29) is 17.5 Å². The minimum absolute atomic E-state index is 0.0280. The summed E-state index contributed by atoms with van der Waals surface area (Å²) in [6, 6.07) is 13.7. The molecule has 1 N–H and O–H groups in total. The maximum atomic E-state index is 13.5. The highest BCUT2D eigenvalue weighted by molar-refractivity contribution is 6.10. The molecule has 0 radical (unpaired) electrons. The number of Topliss-reactive ketones (excluding diaryl/α,β-unsaturated/α-hetero) is 1. The van der Waals surface area contributed by atoms with E-state index in [1.807, 2.05) is 24.3 Å². The summed E-state index contributed by atoms with van der Waals surface area (Å²) >= 11 is 0. The number of furan rings is 2. The molecule has 0 saturated carbocycles. The van der Waals surface area contributed by atoms with Crippen molar-refractivity contribution in [2.24, 2.45) is 0 Å². The highest BCUT2D eigenvalue weighted by Crippen LogP contribution is 2.45. The van der Waals surface area contributed by atoms with Gasteiger partial charge in [-0.1, -0.05) is 12.1 Å². The highest BCUT2D eigenvalue weighted by Gasteiger charge is 2.41. The lowest BCUT2D eigenvalue weighted by molar-refractivity contribution is -0.116. The van der Waals surface area contributed by atoms with Gasteiger partial charge in [0, 0.05) is 17.7 Å². The average molecular weight is 374 g/mol. The molecule has 6 heteroatoms. The Morgan fingerprint density at radius 3 is 2.61 bits per heavy atom. The lowest BCUT2D eigenvalue weighted by Crippen LogP contribution is -2.37. The molecule has 1 aromatic carbocycles. The van der Waals surface area contributed by atoms with Crippen molar-refractivity contribution in [3.63, 3.8) is 0 Å². The van der Waals surface area contributed by atoms with Crippen LogP contribution in [0.15, 0.2) is 81.2 Å². The summed E-state index contributed by atoms with van der Waals surface area (Å²) in [7, 11) is 0. The number of nitrogens with one attached hydrogen (secondary N) is 1. The quantitative estimate of drug-likeness (QED) is 0.704. The molecule has 5 rings (SSSR count). The van der Waals surface area contributed by atoms with Crippen LogP contribution in [-0.4, -0.2) is 11.7 Å². The first kappa shape index (κ1) is 16.6. The molecule has 0 saturated heterocycles. The monoisotopic (exact) mass is 374 g/mol. The number of amides is 1. The molecule has 0 bridgehead atoms. The number of nitrogens with zero attached hydrogens (tertiary/aromatic N) is 1. The first-order valence-electron chi connectivity index (χ1n) is 9.27. The second-order valence-electron chi connectivity index (χ2n) is 6.88. The highest BCUT2D eigenvalue weighted by atomic mass is 16.3. The van der Waals surface area contributed by atoms with Crippen LogP contribution in [-0.2, 0) is 4.79 Å². The van der Waals surface area contributed by atoms with E-state index < -0.39 is 6.04 Å². The van der Waals surface area contributed by atoms with Crippen LogP contribution in [0.2, 0.25) is 0 Å². The van der Waals surface area contributed by atoms with Gasteiger partial charge in [-0.2, -0.15) is 0 Å². The lowest BCUT2D eigenvalue weighted by Gasteiger charge is -2.31. The standard InChI is InChI=1S/C22H18N2O4/c25-17-9-3-7-15-20(17)21(18-10-4-12-27-18)24(22(26)19-11-5-13-28-19)16-8-2-1-6-14(16)23-15/h1-2,4-6,8,10-13,21,23H,3,7,9H2. The van der Waals surface area contributed by atoms with Crippen molar-refractivity contribution in [3.8, 4) is 0 Å². The Morgan fingerprint density at radius 2 is 1.82 bits per heavy atom. The van der Waals surface area contributed by atoms with Crippen LogP contribution in [0.4, 0.5) is 11.4 Å². The smallest absolute Gasteiger partial charge is 0.294 e. The van der Waals surface area contributed by atoms with Gasteiger partial charge in [-0.05, 0) is 49.2 Å². The van der Waals surface area contributed by atoms with Crippen molar-refractivity contribution < 1.29 is 18.4 Å². The zero-order valence-corrected chi connectivity index (χ0v) is 15.1. The minimum atomic E-state index is -0.661. The first-order chi connectivity index (χ1) is 13.7. The summed E-state index contributed by atoms with van der Waals surface area (Å²) in [6.45, 7) is 0. The molecule has 0 spiro atoms. The zero-order valence-electron chi connectivity index (χ0n) is 15.1. The summed E-state index contributed by atoms with van der Waals surface area (Å²) in [5.41, 5.74) is 2.88. The molecular formula is C22H18N2O4. The maximum absolute atomic E-state index is 13.5. The van der Waals surface area contributed by atoms with Gasteiger partial charge in [0.1, 0.15) is 11.8 Å². The van der Waals surface area contributed by atoms with E-state index in [9.17, 15) is 9.59 Å². The van der Waals surface area contributed by atoms with E-state index in [4.69, 9.17) is 8.83 Å². The Balaban J connectivity index is 1.78. The van der Waals surface area contributed by atoms with Gasteiger partial charge < -0.3 is 14.2 Å². The second kappa shape index (κ2) is 6.56. The van der Waals surface area contributed by atoms with E-state index in [1.54, 1.807) is 35.4 Å². The van der Waals surface area contributed by atoms with Gasteiger partial charge in [0.05, 0.1) is 23.9 Å². The van der Waals surface area contributed by atoms with Crippen molar-refractivity contribution >= 4 is 23.1 Å². The van der Waals surface area contributed by atoms with E-state index in [1.165, 1.54) is 6.26 Å². The third-order valence-electron chi connectivity index (χ3n) is 5.20. The van der Waals surface area contributed by atoms with E-state index in [2.05, 4.69) is 5.32 Å². The van der Waals surface area contributed by atoms with Crippen LogP contribution >= 0.6 is 0 Å². The van der Waals surface area contributed by atoms with Gasteiger partial charge in [-0.25, -0.2) is 0 Å². The number of rotatable bonds is 2. The number of anilines is 2. The van der Waals surface area contributed by atoms with E-state index in [0.717, 1.165) is 24.2 Å². The summed E-state index contributed by atoms with van der Waals surface area (Å²) in [5, 5.41) is 3.41. The molecule has 1 atom stereocenters. The van der Waals surface area contributed by atoms with Gasteiger partial charge in [-0.15, -0.1) is 0 Å². The molecule has 0 fully saturated rings. The van der Waals surface area contributed by atoms with Crippen molar-refractivity contribution in [2.75, 3.05) is 10.2 Å². The maximum Gasteiger partial charge on any atom is 0.294 e. The fourth-order valence-electron chi connectivity index (χ4n) is 3.99. The molecule has 1 aliphatic carbocycles. The molecule has 140 valence electrons. The molecule has 28 heavy (non-hydrogen) atoms. The molecular weight excluding hydrogens is 356 g/mol. The van der Waals surface area contributed by atoms with E-state index >= 15 is 0 Å². The number of carbonyl (C=O) groups is 2. The predicted molar refractivity (Wildman–Crippen MR) is 103 cm³/mol. The number of hydrogen-bond donors (Lipinski definition) is 1. The number of carbonyl (C=O) groups excluding carboxylic acids is 2. The summed E-state index contributed by atoms with van der Waals surface area (Å²) < 4.78 is 11.1. The Morgan fingerprint density at radius 1 is 1.00 bits per heavy atom. The molecule has 1 unspecified atom stereocenters. The number of fused-ring (bicyclic) bond motifs is 1. The predicted octanol–water partition coefficient (Wildman–Crippen LogP) is 4.69. The van der Waals surface area contributed by atoms with Gasteiger partial charge in [0.2, 0.25) is 0 Å². The van der Waals surface area contributed by atoms with Crippen LogP contribution in [0.5, 0.6) is 0 Å². The van der Waals surface area contributed by atoms with Crippen molar-refractivity contribution in [2.45, 2.75) is 25.3 Å². The molecule has 2 aromatic heterocycles. The summed E-state index contributed by atoms with van der Waals surface area (Å²) in [5.74, 6) is 0.452. The Hall–Kier alpha value is -3.54. The Labute approximate surface area is 161 Å². The number of para-hydroxylation sites is 2. The van der Waals surface area contributed by atoms with E-state index in [0.29, 0.717) is 23.4 Å². The SMILES string of the molecule is O=C1CCCC2=C1C(c1ccco1)N(C(=O)c1ccco1)c1ccccc1N2. The third kappa shape index (κ3) is 2.57. The molecule has 3 aromatic rings. The fraction of sp³-hybridized carbons (Fsp3) is 0.182. The average Bonchev–Trinajstić information content (AvgIpc) is 3.39. The van der Waals surface area contributed by atoms with Gasteiger partial charge in [0.15, 0.2) is 11.5 Å². The Kier molecular flexibility index (Phi) is 3.90. The van der Waals surface area contributed by atoms with Crippen molar-refractivity contribution in [3.05, 3.63) is 83.8 Å². The summed E-state index contributed by atoms with van der Waals surface area (Å²) in [4.78, 5) is 28.1. The molecule has 1 aliphatic heterocycles. The third-order valence-corrected chi connectivity index (χ3v) is 5.20. The van der Waals surface area contributed by atoms with Crippen molar-refractivity contribution in [1.29, 1.82) is 0 Å². The van der Waals surface area contributed by atoms with Crippen LogP contribution in [0, 0.1) is 0 Å². The molecule has 1 amide bonds. The van der Waals surface area contributed by atoms with Crippen LogP contribution in [0.25, 0.3) is 0 Å². The van der Waals surface area contributed by atoms with Gasteiger partial charge in [-0.3, -0.25) is 14.5 Å². The normalized spacial score (nSPS) is 18.9. The zero-order chi connectivity index (χ0) is 19.1. The largest absolute Gasteiger partial charge is 0.467 e. The number of ketones is 1. The lowest BCUT2D eigenvalue weighted by atomic mass is 9.88. The Bertz CT molecular complexity index is 1060.